The first-order valence-electron chi connectivity index (χ1n) is 6.73. The van der Waals surface area contributed by atoms with E-state index in [2.05, 4.69) is 26.6 Å². The minimum Gasteiger partial charge on any atom is -0.352 e. The van der Waals surface area contributed by atoms with Gasteiger partial charge in [-0.1, -0.05) is 15.9 Å². The molecule has 0 bridgehead atoms. The van der Waals surface area contributed by atoms with E-state index in [1.54, 1.807) is 0 Å². The summed E-state index contributed by atoms with van der Waals surface area (Å²) in [7, 11) is 0. The highest BCUT2D eigenvalue weighted by Gasteiger charge is 2.35. The van der Waals surface area contributed by atoms with Crippen LogP contribution in [0.1, 0.15) is 28.8 Å². The Morgan fingerprint density at radius 2 is 2.19 bits per heavy atom. The lowest BCUT2D eigenvalue weighted by Crippen LogP contribution is -2.28. The average Bonchev–Trinajstić information content (AvgIpc) is 2.90. The molecule has 1 saturated heterocycles. The normalized spacial score (nSPS) is 18.8. The second kappa shape index (κ2) is 6.79. The van der Waals surface area contributed by atoms with Gasteiger partial charge in [0.25, 0.3) is 5.91 Å². The van der Waals surface area contributed by atoms with Gasteiger partial charge in [-0.15, -0.1) is 0 Å². The van der Waals surface area contributed by atoms with Gasteiger partial charge in [0.2, 0.25) is 0 Å². The molecule has 1 unspecified atom stereocenters. The number of halogens is 4. The Morgan fingerprint density at radius 1 is 1.43 bits per heavy atom. The third-order valence-electron chi connectivity index (χ3n) is 3.53. The van der Waals surface area contributed by atoms with Crippen molar-refractivity contribution in [3.8, 4) is 0 Å². The van der Waals surface area contributed by atoms with Gasteiger partial charge in [-0.05, 0) is 50.0 Å². The topological polar surface area (TPSA) is 41.1 Å². The van der Waals surface area contributed by atoms with Crippen LogP contribution in [0.5, 0.6) is 0 Å². The molecule has 3 nitrogen and oxygen atoms in total. The fourth-order valence-corrected chi connectivity index (χ4v) is 2.76. The minimum atomic E-state index is -4.55. The van der Waals surface area contributed by atoms with Crippen LogP contribution >= 0.6 is 15.9 Å². The molecule has 1 aromatic rings. The van der Waals surface area contributed by atoms with E-state index in [0.717, 1.165) is 32.0 Å². The van der Waals surface area contributed by atoms with Crippen LogP contribution in [0.4, 0.5) is 13.2 Å². The molecule has 0 saturated carbocycles. The van der Waals surface area contributed by atoms with Crippen LogP contribution in [-0.4, -0.2) is 25.5 Å². The van der Waals surface area contributed by atoms with Crippen LogP contribution in [0.25, 0.3) is 0 Å². The van der Waals surface area contributed by atoms with Gasteiger partial charge in [0.15, 0.2) is 0 Å². The quantitative estimate of drug-likeness (QED) is 0.861. The molecular formula is C14H16BrF3N2O. The van der Waals surface area contributed by atoms with Gasteiger partial charge in [0, 0.05) is 11.0 Å². The van der Waals surface area contributed by atoms with Crippen molar-refractivity contribution < 1.29 is 18.0 Å². The molecule has 0 aliphatic carbocycles. The van der Waals surface area contributed by atoms with E-state index < -0.39 is 17.6 Å². The summed E-state index contributed by atoms with van der Waals surface area (Å²) >= 11 is 3.00. The van der Waals surface area contributed by atoms with E-state index in [-0.39, 0.29) is 5.56 Å². The number of hydrogen-bond acceptors (Lipinski definition) is 2. The summed E-state index contributed by atoms with van der Waals surface area (Å²) in [6, 6.07) is 3.56. The lowest BCUT2D eigenvalue weighted by atomic mass is 10.0. The molecule has 1 atom stereocenters. The zero-order valence-corrected chi connectivity index (χ0v) is 12.9. The molecule has 1 heterocycles. The van der Waals surface area contributed by atoms with Crippen molar-refractivity contribution in [3.63, 3.8) is 0 Å². The van der Waals surface area contributed by atoms with Crippen LogP contribution in [-0.2, 0) is 6.18 Å². The SMILES string of the molecule is O=C(NCCC1CCNC1)c1ccc(Br)cc1C(F)(F)F. The first kappa shape index (κ1) is 16.3. The summed E-state index contributed by atoms with van der Waals surface area (Å²) in [4.78, 5) is 12.0. The maximum Gasteiger partial charge on any atom is 0.417 e. The largest absolute Gasteiger partial charge is 0.417 e. The zero-order valence-electron chi connectivity index (χ0n) is 11.3. The number of benzene rings is 1. The number of carbonyl (C=O) groups is 1. The van der Waals surface area contributed by atoms with Crippen LogP contribution in [0.15, 0.2) is 22.7 Å². The number of alkyl halides is 3. The van der Waals surface area contributed by atoms with E-state index in [1.807, 2.05) is 0 Å². The molecule has 0 radical (unpaired) electrons. The number of amides is 1. The number of nitrogens with one attached hydrogen (secondary N) is 2. The number of rotatable bonds is 4. The van der Waals surface area contributed by atoms with Crippen LogP contribution < -0.4 is 10.6 Å². The van der Waals surface area contributed by atoms with E-state index in [1.165, 1.54) is 12.1 Å². The van der Waals surface area contributed by atoms with E-state index in [9.17, 15) is 18.0 Å². The molecule has 21 heavy (non-hydrogen) atoms. The highest BCUT2D eigenvalue weighted by molar-refractivity contribution is 9.10. The summed E-state index contributed by atoms with van der Waals surface area (Å²) in [5.74, 6) is -0.196. The Balaban J connectivity index is 2.01. The van der Waals surface area contributed by atoms with Crippen molar-refractivity contribution >= 4 is 21.8 Å². The van der Waals surface area contributed by atoms with Gasteiger partial charge in [-0.25, -0.2) is 0 Å². The van der Waals surface area contributed by atoms with Gasteiger partial charge in [0.05, 0.1) is 11.1 Å². The molecule has 2 rings (SSSR count). The van der Waals surface area contributed by atoms with Gasteiger partial charge in [-0.2, -0.15) is 13.2 Å². The maximum absolute atomic E-state index is 12.9. The fourth-order valence-electron chi connectivity index (χ4n) is 2.39. The third kappa shape index (κ3) is 4.44. The second-order valence-electron chi connectivity index (χ2n) is 5.09. The van der Waals surface area contributed by atoms with Gasteiger partial charge in [-0.3, -0.25) is 4.79 Å². The van der Waals surface area contributed by atoms with Crippen molar-refractivity contribution in [1.29, 1.82) is 0 Å². The second-order valence-corrected chi connectivity index (χ2v) is 6.01. The predicted molar refractivity (Wildman–Crippen MR) is 77.1 cm³/mol. The average molecular weight is 365 g/mol. The Kier molecular flexibility index (Phi) is 5.27. The van der Waals surface area contributed by atoms with Gasteiger partial charge >= 0.3 is 6.18 Å². The van der Waals surface area contributed by atoms with Crippen molar-refractivity contribution in [3.05, 3.63) is 33.8 Å². The number of hydrogen-bond donors (Lipinski definition) is 2. The van der Waals surface area contributed by atoms with E-state index >= 15 is 0 Å². The molecule has 1 aliphatic rings. The van der Waals surface area contributed by atoms with Crippen molar-refractivity contribution in [1.82, 2.24) is 10.6 Å². The van der Waals surface area contributed by atoms with Gasteiger partial charge < -0.3 is 10.6 Å². The number of carbonyl (C=O) groups excluding carboxylic acids is 1. The smallest absolute Gasteiger partial charge is 0.352 e. The van der Waals surface area contributed by atoms with Crippen LogP contribution in [0.3, 0.4) is 0 Å². The first-order valence-corrected chi connectivity index (χ1v) is 7.53. The highest BCUT2D eigenvalue weighted by Crippen LogP contribution is 2.33. The highest BCUT2D eigenvalue weighted by atomic mass is 79.9. The van der Waals surface area contributed by atoms with E-state index in [4.69, 9.17) is 0 Å². The molecule has 1 aromatic carbocycles. The summed E-state index contributed by atoms with van der Waals surface area (Å²) in [6.07, 6.45) is -2.73. The van der Waals surface area contributed by atoms with Crippen LogP contribution in [0.2, 0.25) is 0 Å². The van der Waals surface area contributed by atoms with Crippen molar-refractivity contribution in [2.45, 2.75) is 19.0 Å². The maximum atomic E-state index is 12.9. The molecule has 2 N–H and O–H groups in total. The Hall–Kier alpha value is -1.08. The van der Waals surface area contributed by atoms with Crippen LogP contribution in [0, 0.1) is 5.92 Å². The van der Waals surface area contributed by atoms with E-state index in [0.29, 0.717) is 16.9 Å². The lowest BCUT2D eigenvalue weighted by molar-refractivity contribution is -0.138. The molecular weight excluding hydrogens is 349 g/mol. The molecule has 0 spiro atoms. The Bertz CT molecular complexity index is 513. The van der Waals surface area contributed by atoms with Crippen molar-refractivity contribution in [2.24, 2.45) is 5.92 Å². The zero-order chi connectivity index (χ0) is 15.5. The predicted octanol–water partition coefficient (Wildman–Crippen LogP) is 3.20. The first-order chi connectivity index (χ1) is 9.88. The molecule has 0 aromatic heterocycles. The molecule has 1 fully saturated rings. The summed E-state index contributed by atoms with van der Waals surface area (Å²) in [6.45, 7) is 2.25. The minimum absolute atomic E-state index is 0.295. The Morgan fingerprint density at radius 3 is 2.81 bits per heavy atom. The summed E-state index contributed by atoms with van der Waals surface area (Å²) in [5.41, 5.74) is -1.26. The summed E-state index contributed by atoms with van der Waals surface area (Å²) < 4.78 is 39.1. The summed E-state index contributed by atoms with van der Waals surface area (Å²) in [5, 5.41) is 5.79. The monoisotopic (exact) mass is 364 g/mol. The Labute approximate surface area is 129 Å². The van der Waals surface area contributed by atoms with Gasteiger partial charge in [0.1, 0.15) is 0 Å². The fraction of sp³-hybridized carbons (Fsp3) is 0.500. The molecule has 1 aliphatic heterocycles. The molecule has 116 valence electrons. The third-order valence-corrected chi connectivity index (χ3v) is 4.03. The molecule has 1 amide bonds. The molecule has 7 heteroatoms. The van der Waals surface area contributed by atoms with Crippen molar-refractivity contribution in [2.75, 3.05) is 19.6 Å². The standard InChI is InChI=1S/C14H16BrF3N2O/c15-10-1-2-11(12(7-10)14(16,17)18)13(21)20-6-4-9-3-5-19-8-9/h1-2,7,9,19H,3-6,8H2,(H,20,21). The lowest BCUT2D eigenvalue weighted by Gasteiger charge is -2.14.